The van der Waals surface area contributed by atoms with E-state index in [0.29, 0.717) is 35.2 Å². The first-order valence-electron chi connectivity index (χ1n) is 7.58. The van der Waals surface area contributed by atoms with Crippen molar-refractivity contribution >= 4 is 5.91 Å². The molecule has 2 fully saturated rings. The Balaban J connectivity index is 1.38. The van der Waals surface area contributed by atoms with Crippen molar-refractivity contribution in [3.8, 4) is 11.6 Å². The van der Waals surface area contributed by atoms with Crippen LogP contribution in [0.2, 0.25) is 0 Å². The second-order valence-electron chi connectivity index (χ2n) is 5.96. The van der Waals surface area contributed by atoms with Gasteiger partial charge in [-0.15, -0.1) is 0 Å². The highest BCUT2D eigenvalue weighted by Gasteiger charge is 2.39. The van der Waals surface area contributed by atoms with E-state index in [-0.39, 0.29) is 5.91 Å². The van der Waals surface area contributed by atoms with Crippen LogP contribution in [0.5, 0.6) is 11.6 Å². The van der Waals surface area contributed by atoms with E-state index in [9.17, 15) is 4.79 Å². The van der Waals surface area contributed by atoms with Crippen molar-refractivity contribution < 1.29 is 9.53 Å². The summed E-state index contributed by atoms with van der Waals surface area (Å²) in [5.74, 6) is 1.82. The summed E-state index contributed by atoms with van der Waals surface area (Å²) in [4.78, 5) is 19.1. The zero-order chi connectivity index (χ0) is 14.9. The molecule has 2 heterocycles. The van der Waals surface area contributed by atoms with Gasteiger partial charge in [0.15, 0.2) is 0 Å². The number of rotatable bonds is 4. The Bertz CT molecular complexity index is 653. The average molecular weight is 298 g/mol. The van der Waals surface area contributed by atoms with Crippen LogP contribution >= 0.6 is 0 Å². The smallest absolute Gasteiger partial charge is 0.251 e. The molecule has 6 heteroatoms. The molecule has 0 spiro atoms. The van der Waals surface area contributed by atoms with Crippen molar-refractivity contribution in [2.45, 2.75) is 24.9 Å². The molecule has 22 heavy (non-hydrogen) atoms. The fourth-order valence-corrected chi connectivity index (χ4v) is 3.36. The summed E-state index contributed by atoms with van der Waals surface area (Å²) >= 11 is 0. The molecule has 1 amide bonds. The first-order chi connectivity index (χ1) is 10.8. The Labute approximate surface area is 128 Å². The molecule has 114 valence electrons. The lowest BCUT2D eigenvalue weighted by Gasteiger charge is -2.23. The normalized spacial score (nSPS) is 26.1. The van der Waals surface area contributed by atoms with Gasteiger partial charge in [0.05, 0.1) is 12.5 Å². The lowest BCUT2D eigenvalue weighted by molar-refractivity contribution is 0.0925. The number of nitrogens with zero attached hydrogens (tertiary/aromatic N) is 1. The number of benzene rings is 1. The summed E-state index contributed by atoms with van der Waals surface area (Å²) < 4.78 is 5.57. The predicted molar refractivity (Wildman–Crippen MR) is 80.9 cm³/mol. The van der Waals surface area contributed by atoms with E-state index >= 15 is 0 Å². The quantitative estimate of drug-likeness (QED) is 0.802. The number of piperidine rings is 1. The Morgan fingerprint density at radius 3 is 2.77 bits per heavy atom. The highest BCUT2D eigenvalue weighted by atomic mass is 16.5. The summed E-state index contributed by atoms with van der Waals surface area (Å²) in [5, 5.41) is 6.61. The van der Waals surface area contributed by atoms with Crippen molar-refractivity contribution in [3.05, 3.63) is 42.4 Å². The topological polar surface area (TPSA) is 79.0 Å². The molecule has 3 atom stereocenters. The maximum absolute atomic E-state index is 12.3. The number of carbonyl (C=O) groups is 1. The SMILES string of the molecule is O=C(NC1CC2CC1CN2)c1ccc(Oc2cnc[nH]2)cc1. The molecule has 1 aliphatic carbocycles. The Morgan fingerprint density at radius 2 is 2.14 bits per heavy atom. The van der Waals surface area contributed by atoms with E-state index < -0.39 is 0 Å². The molecular weight excluding hydrogens is 280 g/mol. The first-order valence-corrected chi connectivity index (χ1v) is 7.58. The summed E-state index contributed by atoms with van der Waals surface area (Å²) in [5.41, 5.74) is 0.660. The van der Waals surface area contributed by atoms with Crippen LogP contribution in [0.15, 0.2) is 36.8 Å². The highest BCUT2D eigenvalue weighted by Crippen LogP contribution is 2.31. The van der Waals surface area contributed by atoms with Crippen LogP contribution in [0.25, 0.3) is 0 Å². The summed E-state index contributed by atoms with van der Waals surface area (Å²) in [6.07, 6.45) is 5.38. The molecule has 2 aromatic rings. The number of ether oxygens (including phenoxy) is 1. The fraction of sp³-hybridized carbons (Fsp3) is 0.375. The van der Waals surface area contributed by atoms with Crippen LogP contribution in [-0.4, -0.2) is 34.5 Å². The molecule has 4 rings (SSSR count). The van der Waals surface area contributed by atoms with Crippen LogP contribution in [0.4, 0.5) is 0 Å². The van der Waals surface area contributed by atoms with Gasteiger partial charge < -0.3 is 20.4 Å². The number of carbonyl (C=O) groups excluding carboxylic acids is 1. The van der Waals surface area contributed by atoms with Crippen molar-refractivity contribution in [3.63, 3.8) is 0 Å². The number of H-pyrrole nitrogens is 1. The Hall–Kier alpha value is -2.34. The average Bonchev–Trinajstić information content (AvgIpc) is 3.25. The van der Waals surface area contributed by atoms with Crippen molar-refractivity contribution in [1.82, 2.24) is 20.6 Å². The summed E-state index contributed by atoms with van der Waals surface area (Å²) in [7, 11) is 0. The minimum atomic E-state index is -0.00867. The number of amides is 1. The minimum absolute atomic E-state index is 0.00867. The Kier molecular flexibility index (Phi) is 3.31. The van der Waals surface area contributed by atoms with Gasteiger partial charge >= 0.3 is 0 Å². The van der Waals surface area contributed by atoms with E-state index in [1.54, 1.807) is 36.8 Å². The monoisotopic (exact) mass is 298 g/mol. The molecule has 3 unspecified atom stereocenters. The molecule has 1 saturated heterocycles. The summed E-state index contributed by atoms with van der Waals surface area (Å²) in [6.45, 7) is 1.02. The molecule has 1 aliphatic heterocycles. The van der Waals surface area contributed by atoms with Gasteiger partial charge in [-0.2, -0.15) is 0 Å². The van der Waals surface area contributed by atoms with Crippen molar-refractivity contribution in [2.24, 2.45) is 5.92 Å². The highest BCUT2D eigenvalue weighted by molar-refractivity contribution is 5.94. The van der Waals surface area contributed by atoms with E-state index in [4.69, 9.17) is 4.74 Å². The van der Waals surface area contributed by atoms with Gasteiger partial charge in [0.25, 0.3) is 5.91 Å². The number of hydrogen-bond donors (Lipinski definition) is 3. The predicted octanol–water partition coefficient (Wildman–Crippen LogP) is 1.68. The number of nitrogens with one attached hydrogen (secondary N) is 3. The van der Waals surface area contributed by atoms with Crippen molar-refractivity contribution in [1.29, 1.82) is 0 Å². The van der Waals surface area contributed by atoms with Crippen LogP contribution in [0.3, 0.4) is 0 Å². The maximum atomic E-state index is 12.3. The zero-order valence-corrected chi connectivity index (χ0v) is 12.1. The van der Waals surface area contributed by atoms with Gasteiger partial charge in [0.2, 0.25) is 5.88 Å². The van der Waals surface area contributed by atoms with E-state index in [1.807, 2.05) is 0 Å². The lowest BCUT2D eigenvalue weighted by atomic mass is 10.0. The lowest BCUT2D eigenvalue weighted by Crippen LogP contribution is -2.44. The van der Waals surface area contributed by atoms with Gasteiger partial charge in [-0.1, -0.05) is 0 Å². The molecule has 1 aromatic heterocycles. The fourth-order valence-electron chi connectivity index (χ4n) is 3.36. The third kappa shape index (κ3) is 2.57. The third-order valence-electron chi connectivity index (χ3n) is 4.50. The Morgan fingerprint density at radius 1 is 1.27 bits per heavy atom. The van der Waals surface area contributed by atoms with Crippen LogP contribution in [0, 0.1) is 5.92 Å². The van der Waals surface area contributed by atoms with Crippen LogP contribution in [0.1, 0.15) is 23.2 Å². The standard InChI is InChI=1S/C16H18N4O2/c21-16(20-14-6-12-5-11(14)7-18-12)10-1-3-13(4-2-10)22-15-8-17-9-19-15/h1-4,8-9,11-12,14,18H,5-7H2,(H,17,19)(H,20,21). The van der Waals surface area contributed by atoms with Crippen LogP contribution < -0.4 is 15.4 Å². The van der Waals surface area contributed by atoms with Gasteiger partial charge in [-0.3, -0.25) is 4.79 Å². The number of hydrogen-bond acceptors (Lipinski definition) is 4. The second kappa shape index (κ2) is 5.46. The maximum Gasteiger partial charge on any atom is 0.251 e. The summed E-state index contributed by atoms with van der Waals surface area (Å²) in [6, 6.07) is 8.04. The van der Waals surface area contributed by atoms with Gasteiger partial charge in [0, 0.05) is 24.2 Å². The number of imidazole rings is 1. The van der Waals surface area contributed by atoms with E-state index in [1.165, 1.54) is 6.42 Å². The second-order valence-corrected chi connectivity index (χ2v) is 5.96. The van der Waals surface area contributed by atoms with E-state index in [0.717, 1.165) is 13.0 Å². The molecule has 6 nitrogen and oxygen atoms in total. The van der Waals surface area contributed by atoms with E-state index in [2.05, 4.69) is 20.6 Å². The van der Waals surface area contributed by atoms with Crippen LogP contribution in [-0.2, 0) is 0 Å². The molecule has 2 bridgehead atoms. The number of aromatic amines is 1. The van der Waals surface area contributed by atoms with Gasteiger partial charge in [0.1, 0.15) is 5.75 Å². The molecule has 1 saturated carbocycles. The molecular formula is C16H18N4O2. The van der Waals surface area contributed by atoms with Gasteiger partial charge in [-0.25, -0.2) is 4.98 Å². The largest absolute Gasteiger partial charge is 0.439 e. The molecule has 1 aromatic carbocycles. The molecule has 0 radical (unpaired) electrons. The minimum Gasteiger partial charge on any atom is -0.439 e. The number of fused-ring (bicyclic) bond motifs is 2. The third-order valence-corrected chi connectivity index (χ3v) is 4.50. The van der Waals surface area contributed by atoms with Crippen molar-refractivity contribution in [2.75, 3.05) is 6.54 Å². The first kappa shape index (κ1) is 13.3. The molecule has 3 N–H and O–H groups in total. The molecule has 2 aliphatic rings. The zero-order valence-electron chi connectivity index (χ0n) is 12.1. The van der Waals surface area contributed by atoms with Gasteiger partial charge in [-0.05, 0) is 43.0 Å². The number of aromatic nitrogens is 2.